The number of amides is 3. The van der Waals surface area contributed by atoms with E-state index in [9.17, 15) is 19.2 Å². The number of ether oxygens (including phenoxy) is 3. The lowest BCUT2D eigenvalue weighted by molar-refractivity contribution is -0.132. The van der Waals surface area contributed by atoms with E-state index >= 15 is 0 Å². The molecular formula is C40H39N5O7. The maximum absolute atomic E-state index is 14.9. The van der Waals surface area contributed by atoms with Gasteiger partial charge in [-0.25, -0.2) is 4.79 Å². The highest BCUT2D eigenvalue weighted by molar-refractivity contribution is 6.21. The summed E-state index contributed by atoms with van der Waals surface area (Å²) >= 11 is 0. The van der Waals surface area contributed by atoms with Gasteiger partial charge in [-0.15, -0.1) is 0 Å². The molecule has 0 saturated carbocycles. The van der Waals surface area contributed by atoms with Crippen LogP contribution in [0.2, 0.25) is 0 Å². The summed E-state index contributed by atoms with van der Waals surface area (Å²) in [7, 11) is 0. The van der Waals surface area contributed by atoms with Crippen LogP contribution in [0.3, 0.4) is 0 Å². The van der Waals surface area contributed by atoms with Crippen molar-refractivity contribution >= 4 is 57.5 Å². The van der Waals surface area contributed by atoms with Crippen LogP contribution < -0.4 is 24.2 Å². The molecule has 0 radical (unpaired) electrons. The molecule has 1 unspecified atom stereocenters. The number of nitrogens with zero attached hydrogens (tertiary/aromatic N) is 5. The minimum atomic E-state index is -1.32. The van der Waals surface area contributed by atoms with Crippen molar-refractivity contribution in [2.45, 2.75) is 52.7 Å². The smallest absolute Gasteiger partial charge is 0.435 e. The molecular weight excluding hydrogens is 662 g/mol. The van der Waals surface area contributed by atoms with Crippen molar-refractivity contribution in [2.24, 2.45) is 5.92 Å². The van der Waals surface area contributed by atoms with Crippen LogP contribution in [0.15, 0.2) is 97.1 Å². The zero-order valence-electron chi connectivity index (χ0n) is 29.6. The second-order valence-electron chi connectivity index (χ2n) is 13.9. The van der Waals surface area contributed by atoms with E-state index < -0.39 is 29.4 Å². The number of anilines is 4. The van der Waals surface area contributed by atoms with Crippen LogP contribution >= 0.6 is 0 Å². The SMILES string of the molecule is CC(C)N(C(=O)CN1C(=O)C(Cc2nn(C(=O)OC(C)(C)C)c3ccccc23)C(=O)N(c2ccccc2)c2ccccc21)c1ccc2c(c1)OCO2. The average Bonchev–Trinajstić information content (AvgIpc) is 3.72. The predicted octanol–water partition coefficient (Wildman–Crippen LogP) is 6.86. The predicted molar refractivity (Wildman–Crippen MR) is 196 cm³/mol. The van der Waals surface area contributed by atoms with E-state index in [4.69, 9.17) is 14.2 Å². The van der Waals surface area contributed by atoms with Gasteiger partial charge in [0.05, 0.1) is 22.6 Å². The maximum Gasteiger partial charge on any atom is 0.435 e. The van der Waals surface area contributed by atoms with E-state index in [0.29, 0.717) is 50.8 Å². The Bertz CT molecular complexity index is 2190. The molecule has 3 amide bonds. The minimum absolute atomic E-state index is 0.0894. The lowest BCUT2D eigenvalue weighted by Crippen LogP contribution is -2.48. The summed E-state index contributed by atoms with van der Waals surface area (Å²) in [5.41, 5.74) is 2.05. The molecule has 0 aliphatic carbocycles. The van der Waals surface area contributed by atoms with Crippen LogP contribution in [0.5, 0.6) is 11.5 Å². The Hall–Kier alpha value is -6.17. The molecule has 12 nitrogen and oxygen atoms in total. The van der Waals surface area contributed by atoms with E-state index in [2.05, 4.69) is 5.10 Å². The molecule has 1 atom stereocenters. The van der Waals surface area contributed by atoms with Gasteiger partial charge in [0.15, 0.2) is 11.5 Å². The summed E-state index contributed by atoms with van der Waals surface area (Å²) in [6.45, 7) is 8.79. The van der Waals surface area contributed by atoms with Crippen molar-refractivity contribution in [3.05, 3.63) is 103 Å². The third kappa shape index (κ3) is 6.43. The molecule has 0 fully saturated rings. The molecule has 12 heteroatoms. The Morgan fingerprint density at radius 2 is 1.54 bits per heavy atom. The fourth-order valence-corrected chi connectivity index (χ4v) is 6.65. The average molecular weight is 702 g/mol. The minimum Gasteiger partial charge on any atom is -0.454 e. The molecule has 1 aromatic heterocycles. The molecule has 5 aromatic rings. The van der Waals surface area contributed by atoms with E-state index in [1.165, 1.54) is 14.5 Å². The second kappa shape index (κ2) is 13.5. The van der Waals surface area contributed by atoms with Crippen molar-refractivity contribution in [1.29, 1.82) is 0 Å². The van der Waals surface area contributed by atoms with Gasteiger partial charge in [-0.1, -0.05) is 48.5 Å². The maximum atomic E-state index is 14.9. The summed E-state index contributed by atoms with van der Waals surface area (Å²) in [5, 5.41) is 5.22. The number of hydrogen-bond acceptors (Lipinski definition) is 8. The Morgan fingerprint density at radius 3 is 2.27 bits per heavy atom. The molecule has 7 rings (SSSR count). The van der Waals surface area contributed by atoms with Gasteiger partial charge in [-0.3, -0.25) is 19.3 Å². The lowest BCUT2D eigenvalue weighted by Gasteiger charge is -2.31. The number of hydrogen-bond donors (Lipinski definition) is 0. The van der Waals surface area contributed by atoms with Gasteiger partial charge in [-0.2, -0.15) is 9.78 Å². The third-order valence-electron chi connectivity index (χ3n) is 8.85. The molecule has 0 spiro atoms. The normalized spacial score (nSPS) is 15.5. The monoisotopic (exact) mass is 701 g/mol. The largest absolute Gasteiger partial charge is 0.454 e. The summed E-state index contributed by atoms with van der Waals surface area (Å²) in [4.78, 5) is 61.9. The summed E-state index contributed by atoms with van der Waals surface area (Å²) in [5.74, 6) is -1.64. The second-order valence-corrected chi connectivity index (χ2v) is 13.9. The lowest BCUT2D eigenvalue weighted by atomic mass is 9.98. The highest BCUT2D eigenvalue weighted by atomic mass is 16.7. The van der Waals surface area contributed by atoms with E-state index in [0.717, 1.165) is 0 Å². The van der Waals surface area contributed by atoms with Crippen molar-refractivity contribution in [3.63, 3.8) is 0 Å². The van der Waals surface area contributed by atoms with Gasteiger partial charge < -0.3 is 24.0 Å². The highest BCUT2D eigenvalue weighted by Crippen LogP contribution is 2.41. The first kappa shape index (κ1) is 34.3. The van der Waals surface area contributed by atoms with Gasteiger partial charge in [-0.05, 0) is 77.1 Å². The first-order valence-electron chi connectivity index (χ1n) is 17.1. The Labute approximate surface area is 301 Å². The van der Waals surface area contributed by atoms with Crippen LogP contribution in [0.1, 0.15) is 40.3 Å². The number of aromatic nitrogens is 2. The highest BCUT2D eigenvalue weighted by Gasteiger charge is 2.43. The number of fused-ring (bicyclic) bond motifs is 3. The van der Waals surface area contributed by atoms with Gasteiger partial charge in [0.2, 0.25) is 24.5 Å². The van der Waals surface area contributed by atoms with Crippen LogP contribution in [0, 0.1) is 5.92 Å². The van der Waals surface area contributed by atoms with Gasteiger partial charge >= 0.3 is 6.09 Å². The van der Waals surface area contributed by atoms with Crippen molar-refractivity contribution in [1.82, 2.24) is 9.78 Å². The van der Waals surface area contributed by atoms with Crippen LogP contribution in [0.25, 0.3) is 10.9 Å². The number of carbonyl (C=O) groups is 4. The van der Waals surface area contributed by atoms with Crippen LogP contribution in [-0.4, -0.2) is 58.6 Å². The fraction of sp³-hybridized carbons (Fsp3) is 0.275. The Balaban J connectivity index is 1.32. The standard InChI is InChI=1S/C40H39N5O7/c1-25(2)43(27-19-20-34-35(21-27)51-24-50-34)36(46)23-42-32-17-11-12-18-33(32)44(26-13-7-6-8-14-26)38(48)29(37(42)47)22-30-28-15-9-10-16-31(28)45(41-30)39(49)52-40(3,4)5/h6-21,25,29H,22-24H2,1-5H3. The van der Waals surface area contributed by atoms with Gasteiger partial charge in [0.25, 0.3) is 0 Å². The van der Waals surface area contributed by atoms with Crippen LogP contribution in [0.4, 0.5) is 27.5 Å². The van der Waals surface area contributed by atoms with Crippen molar-refractivity contribution in [3.8, 4) is 11.5 Å². The zero-order valence-corrected chi connectivity index (χ0v) is 29.6. The van der Waals surface area contributed by atoms with E-state index in [1.54, 1.807) is 105 Å². The first-order chi connectivity index (χ1) is 24.9. The summed E-state index contributed by atoms with van der Waals surface area (Å²) in [6.07, 6.45) is -0.831. The van der Waals surface area contributed by atoms with Crippen LogP contribution in [-0.2, 0) is 25.5 Å². The topological polar surface area (TPSA) is 124 Å². The number of rotatable bonds is 7. The molecule has 3 heterocycles. The van der Waals surface area contributed by atoms with Crippen molar-refractivity contribution in [2.75, 3.05) is 28.0 Å². The first-order valence-corrected chi connectivity index (χ1v) is 17.1. The molecule has 2 aliphatic heterocycles. The van der Waals surface area contributed by atoms with Gasteiger partial charge in [0.1, 0.15) is 18.1 Å². The number of benzene rings is 4. The van der Waals surface area contributed by atoms with E-state index in [-0.39, 0.29) is 31.7 Å². The quantitative estimate of drug-likeness (QED) is 0.169. The Morgan fingerprint density at radius 1 is 0.865 bits per heavy atom. The summed E-state index contributed by atoms with van der Waals surface area (Å²) < 4.78 is 17.9. The number of carbonyl (C=O) groups excluding carboxylic acids is 4. The fourth-order valence-electron chi connectivity index (χ4n) is 6.65. The van der Waals surface area contributed by atoms with Gasteiger partial charge in [0, 0.05) is 35.3 Å². The molecule has 0 bridgehead atoms. The van der Waals surface area contributed by atoms with E-state index in [1.807, 2.05) is 32.0 Å². The molecule has 0 N–H and O–H groups in total. The molecule has 0 saturated heterocycles. The molecule has 4 aromatic carbocycles. The Kier molecular flexibility index (Phi) is 8.91. The molecule has 52 heavy (non-hydrogen) atoms. The zero-order chi connectivity index (χ0) is 36.7. The third-order valence-corrected chi connectivity index (χ3v) is 8.85. The molecule has 2 aliphatic rings. The van der Waals surface area contributed by atoms with Crippen molar-refractivity contribution < 1.29 is 33.4 Å². The molecule has 266 valence electrons. The summed E-state index contributed by atoms with van der Waals surface area (Å²) in [6, 6.07) is 28.2. The number of para-hydroxylation sites is 4.